The van der Waals surface area contributed by atoms with E-state index in [1.807, 2.05) is 0 Å². The average molecular weight is 525 g/mol. The maximum Gasteiger partial charge on any atom is 0.0856 e. The van der Waals surface area contributed by atoms with Crippen LogP contribution in [0.1, 0.15) is 103 Å². The number of aryl methyl sites for hydroxylation is 4. The summed E-state index contributed by atoms with van der Waals surface area (Å²) >= 11 is 0. The van der Waals surface area contributed by atoms with Gasteiger partial charge in [0.15, 0.2) is 0 Å². The second kappa shape index (κ2) is 9.76. The van der Waals surface area contributed by atoms with Crippen molar-refractivity contribution in [3.05, 3.63) is 68.8 Å². The average Bonchev–Trinajstić information content (AvgIpc) is 3.65. The first-order valence-corrected chi connectivity index (χ1v) is 14.5. The quantitative estimate of drug-likeness (QED) is 0.304. The van der Waals surface area contributed by atoms with E-state index in [4.69, 9.17) is 9.97 Å². The molecule has 3 aromatic heterocycles. The second-order valence-electron chi connectivity index (χ2n) is 11.5. The third-order valence-electron chi connectivity index (χ3n) is 9.42. The molecule has 8 bridgehead atoms. The van der Waals surface area contributed by atoms with Crippen molar-refractivity contribution in [2.45, 2.75) is 91.6 Å². The van der Waals surface area contributed by atoms with Crippen molar-refractivity contribution in [2.75, 3.05) is 6.61 Å². The molecule has 3 aromatic rings. The first-order chi connectivity index (χ1) is 18.8. The van der Waals surface area contributed by atoms with E-state index in [9.17, 15) is 10.2 Å². The fourth-order valence-corrected chi connectivity index (χ4v) is 7.13. The first kappa shape index (κ1) is 26.0. The molecule has 0 saturated carbocycles. The molecule has 1 aliphatic carbocycles. The molecule has 0 aromatic carbocycles. The molecule has 6 heteroatoms. The lowest BCUT2D eigenvalue weighted by Gasteiger charge is -2.16. The van der Waals surface area contributed by atoms with E-state index in [1.165, 1.54) is 22.3 Å². The number of nitrogens with zero attached hydrogens (tertiary/aromatic N) is 2. The molecule has 39 heavy (non-hydrogen) atoms. The number of hydrogen-bond acceptors (Lipinski definition) is 4. The van der Waals surface area contributed by atoms with Crippen LogP contribution < -0.4 is 0 Å². The third kappa shape index (κ3) is 3.99. The van der Waals surface area contributed by atoms with Gasteiger partial charge in [0.05, 0.1) is 17.5 Å². The van der Waals surface area contributed by atoms with Gasteiger partial charge in [-0.1, -0.05) is 20.8 Å². The Morgan fingerprint density at radius 1 is 0.897 bits per heavy atom. The molecule has 0 unspecified atom stereocenters. The summed E-state index contributed by atoms with van der Waals surface area (Å²) in [7, 11) is 0. The number of fused-ring (bicyclic) bond motifs is 8. The van der Waals surface area contributed by atoms with Crippen LogP contribution in [0.3, 0.4) is 0 Å². The summed E-state index contributed by atoms with van der Waals surface area (Å²) in [6.45, 7) is 13.3. The normalized spacial score (nSPS) is 20.4. The fourth-order valence-electron chi connectivity index (χ4n) is 7.13. The zero-order valence-electron chi connectivity index (χ0n) is 24.0. The lowest BCUT2D eigenvalue weighted by molar-refractivity contribution is 0.239. The summed E-state index contributed by atoms with van der Waals surface area (Å²) in [5, 5.41) is 20.9. The Morgan fingerprint density at radius 2 is 1.54 bits per heavy atom. The molecule has 6 nitrogen and oxygen atoms in total. The predicted molar refractivity (Wildman–Crippen MR) is 159 cm³/mol. The minimum Gasteiger partial charge on any atom is -0.396 e. The van der Waals surface area contributed by atoms with Crippen LogP contribution in [0.2, 0.25) is 0 Å². The van der Waals surface area contributed by atoms with Crippen LogP contribution >= 0.6 is 0 Å². The van der Waals surface area contributed by atoms with Crippen LogP contribution in [0.4, 0.5) is 0 Å². The van der Waals surface area contributed by atoms with E-state index in [0.717, 1.165) is 87.2 Å². The standard InChI is InChI=1S/C33H40N4O2/c1-7-20-16(3)24-13-26-18(5)22(10-9-11-38)32(36-26)23-12-30(39)31-19(6)27(37-33(23)31)15-29-21(8-2)17(4)25(35-29)14-28(20)34-24/h13-15,18,22,30,34-35,38-39H,7-12H2,1-6H3/t18-,22-,30-/m0/s1. The monoisotopic (exact) mass is 524 g/mol. The van der Waals surface area contributed by atoms with Gasteiger partial charge in [0.2, 0.25) is 0 Å². The van der Waals surface area contributed by atoms with E-state index in [1.54, 1.807) is 0 Å². The van der Waals surface area contributed by atoms with Crippen molar-refractivity contribution in [3.8, 4) is 0 Å². The number of aliphatic hydroxyl groups is 2. The largest absolute Gasteiger partial charge is 0.396 e. The fraction of sp³-hybridized carbons (Fsp3) is 0.455. The Balaban J connectivity index is 1.78. The van der Waals surface area contributed by atoms with Crippen molar-refractivity contribution >= 4 is 33.2 Å². The molecule has 2 aliphatic heterocycles. The smallest absolute Gasteiger partial charge is 0.0856 e. The van der Waals surface area contributed by atoms with Crippen LogP contribution in [-0.4, -0.2) is 42.9 Å². The summed E-state index contributed by atoms with van der Waals surface area (Å²) in [6.07, 6.45) is 3.41. The number of hydrogen-bond donors (Lipinski definition) is 4. The minimum absolute atomic E-state index is 0.164. The van der Waals surface area contributed by atoms with Crippen LogP contribution in [0.25, 0.3) is 33.2 Å². The summed E-state index contributed by atoms with van der Waals surface area (Å²) in [5.41, 5.74) is 16.5. The SMILES string of the molecule is CCc1c(C)c2cc3[nH]c(cc4nc(c5c6nc(cc1[nH]2)C(C)=C6[C@@H](O)C5)[C@@H](CCCO)[C@@H]4C)c(C)c3CC. The second-order valence-corrected chi connectivity index (χ2v) is 11.5. The summed E-state index contributed by atoms with van der Waals surface area (Å²) in [5.74, 6) is 0.390. The molecule has 3 atom stereocenters. The Labute approximate surface area is 230 Å². The highest BCUT2D eigenvalue weighted by Gasteiger charge is 2.38. The number of aromatic amines is 2. The van der Waals surface area contributed by atoms with Gasteiger partial charge in [-0.05, 0) is 92.5 Å². The summed E-state index contributed by atoms with van der Waals surface area (Å²) < 4.78 is 0. The topological polar surface area (TPSA) is 97.8 Å². The maximum atomic E-state index is 11.2. The molecular weight excluding hydrogens is 484 g/mol. The highest BCUT2D eigenvalue weighted by atomic mass is 16.3. The van der Waals surface area contributed by atoms with Gasteiger partial charge in [-0.2, -0.15) is 0 Å². The van der Waals surface area contributed by atoms with E-state index in [2.05, 4.69) is 69.7 Å². The van der Waals surface area contributed by atoms with E-state index < -0.39 is 6.10 Å². The summed E-state index contributed by atoms with van der Waals surface area (Å²) in [4.78, 5) is 17.8. The van der Waals surface area contributed by atoms with Crippen molar-refractivity contribution in [1.29, 1.82) is 0 Å². The molecule has 4 N–H and O–H groups in total. The molecule has 0 saturated heterocycles. The van der Waals surface area contributed by atoms with Gasteiger partial charge in [0.25, 0.3) is 0 Å². The van der Waals surface area contributed by atoms with Crippen molar-refractivity contribution in [1.82, 2.24) is 19.9 Å². The molecule has 0 spiro atoms. The predicted octanol–water partition coefficient (Wildman–Crippen LogP) is 6.56. The van der Waals surface area contributed by atoms with Crippen LogP contribution in [-0.2, 0) is 19.3 Å². The number of aliphatic hydroxyl groups excluding tert-OH is 2. The van der Waals surface area contributed by atoms with Crippen molar-refractivity contribution in [3.63, 3.8) is 0 Å². The zero-order valence-corrected chi connectivity index (χ0v) is 24.0. The van der Waals surface area contributed by atoms with Gasteiger partial charge in [-0.25, -0.2) is 4.98 Å². The third-order valence-corrected chi connectivity index (χ3v) is 9.42. The summed E-state index contributed by atoms with van der Waals surface area (Å²) in [6, 6.07) is 6.64. The molecule has 5 heterocycles. The highest BCUT2D eigenvalue weighted by Crippen LogP contribution is 2.47. The Kier molecular flexibility index (Phi) is 6.51. The lowest BCUT2D eigenvalue weighted by Crippen LogP contribution is -2.08. The Morgan fingerprint density at radius 3 is 2.18 bits per heavy atom. The Hall–Kier alpha value is -3.22. The number of rotatable bonds is 5. The first-order valence-electron chi connectivity index (χ1n) is 14.5. The zero-order chi connectivity index (χ0) is 27.6. The minimum atomic E-state index is -0.576. The molecule has 0 fully saturated rings. The van der Waals surface area contributed by atoms with E-state index >= 15 is 0 Å². The maximum absolute atomic E-state index is 11.2. The van der Waals surface area contributed by atoms with Crippen molar-refractivity contribution in [2.24, 2.45) is 0 Å². The highest BCUT2D eigenvalue weighted by molar-refractivity contribution is 5.96. The molecule has 0 radical (unpaired) electrons. The van der Waals surface area contributed by atoms with Crippen molar-refractivity contribution < 1.29 is 10.2 Å². The van der Waals surface area contributed by atoms with E-state index in [-0.39, 0.29) is 18.4 Å². The lowest BCUT2D eigenvalue weighted by atomic mass is 9.85. The number of aromatic nitrogens is 4. The van der Waals surface area contributed by atoms with Gasteiger partial charge in [-0.15, -0.1) is 0 Å². The van der Waals surface area contributed by atoms with Gasteiger partial charge < -0.3 is 20.2 Å². The molecule has 3 aliphatic rings. The molecule has 0 amide bonds. The van der Waals surface area contributed by atoms with Crippen LogP contribution in [0, 0.1) is 13.8 Å². The molecular formula is C33H40N4O2. The van der Waals surface area contributed by atoms with Crippen LogP contribution in [0.5, 0.6) is 0 Å². The van der Waals surface area contributed by atoms with Gasteiger partial charge >= 0.3 is 0 Å². The number of H-pyrrole nitrogens is 2. The Bertz CT molecular complexity index is 1670. The number of nitrogens with one attached hydrogen (secondary N) is 2. The molecule has 204 valence electrons. The van der Waals surface area contributed by atoms with E-state index in [0.29, 0.717) is 6.42 Å². The van der Waals surface area contributed by atoms with Gasteiger partial charge in [0.1, 0.15) is 0 Å². The molecule has 6 rings (SSSR count). The van der Waals surface area contributed by atoms with Crippen LogP contribution in [0.15, 0.2) is 18.2 Å². The van der Waals surface area contributed by atoms with Gasteiger partial charge in [-0.3, -0.25) is 4.98 Å². The van der Waals surface area contributed by atoms with Gasteiger partial charge in [0, 0.05) is 69.5 Å². The number of allylic oxidation sites excluding steroid dienone is 1.